The molecule has 3 N–H and O–H groups in total. The van der Waals surface area contributed by atoms with E-state index in [-0.39, 0.29) is 18.3 Å². The van der Waals surface area contributed by atoms with E-state index in [2.05, 4.69) is 32.9 Å². The van der Waals surface area contributed by atoms with Gasteiger partial charge in [0.2, 0.25) is 5.91 Å². The number of nitrogens with two attached hydrogens (primary N) is 1. The van der Waals surface area contributed by atoms with Gasteiger partial charge in [0.25, 0.3) is 0 Å². The third-order valence-corrected chi connectivity index (χ3v) is 2.29. The van der Waals surface area contributed by atoms with Crippen molar-refractivity contribution in [2.45, 2.75) is 19.9 Å². The molecule has 0 aliphatic rings. The van der Waals surface area contributed by atoms with Crippen LogP contribution < -0.4 is 11.1 Å². The van der Waals surface area contributed by atoms with Gasteiger partial charge in [-0.15, -0.1) is 12.4 Å². The molecular weight excluding hydrogens is 328 g/mol. The van der Waals surface area contributed by atoms with Crippen molar-refractivity contribution in [3.8, 4) is 0 Å². The van der Waals surface area contributed by atoms with Crippen LogP contribution in [0.1, 0.15) is 12.5 Å². The van der Waals surface area contributed by atoms with Crippen molar-refractivity contribution in [2.24, 2.45) is 5.73 Å². The number of carbonyl (C=O) groups is 1. The van der Waals surface area contributed by atoms with Gasteiger partial charge in [0, 0.05) is 9.77 Å². The van der Waals surface area contributed by atoms with Crippen LogP contribution in [-0.2, 0) is 4.79 Å². The number of aromatic nitrogens is 1. The topological polar surface area (TPSA) is 68.0 Å². The molecule has 0 saturated carbocycles. The average Bonchev–Trinajstić information content (AvgIpc) is 2.09. The maximum absolute atomic E-state index is 11.3. The third kappa shape index (κ3) is 4.31. The number of hydrogen-bond acceptors (Lipinski definition) is 3. The molecule has 1 aromatic rings. The summed E-state index contributed by atoms with van der Waals surface area (Å²) in [7, 11) is 0. The summed E-state index contributed by atoms with van der Waals surface area (Å²) in [5.41, 5.74) is 6.36. The molecule has 0 aliphatic heterocycles. The van der Waals surface area contributed by atoms with E-state index in [1.165, 1.54) is 0 Å². The first kappa shape index (κ1) is 14.6. The highest BCUT2D eigenvalue weighted by Crippen LogP contribution is 2.13. The van der Waals surface area contributed by atoms with Crippen molar-refractivity contribution >= 4 is 46.7 Å². The highest BCUT2D eigenvalue weighted by Gasteiger charge is 2.09. The van der Waals surface area contributed by atoms with E-state index in [1.807, 2.05) is 13.0 Å². The van der Waals surface area contributed by atoms with Crippen molar-refractivity contribution in [3.63, 3.8) is 0 Å². The second kappa shape index (κ2) is 6.24. The highest BCUT2D eigenvalue weighted by atomic mass is 127. The molecule has 0 saturated heterocycles. The maximum Gasteiger partial charge on any atom is 0.242 e. The summed E-state index contributed by atoms with van der Waals surface area (Å²) in [5, 5.41) is 2.66. The minimum atomic E-state index is -0.518. The van der Waals surface area contributed by atoms with E-state index in [0.717, 1.165) is 9.13 Å². The van der Waals surface area contributed by atoms with Gasteiger partial charge in [-0.1, -0.05) is 0 Å². The first-order chi connectivity index (χ1) is 6.50. The molecule has 0 bridgehead atoms. The number of amides is 1. The van der Waals surface area contributed by atoms with Crippen LogP contribution in [-0.4, -0.2) is 16.9 Å². The Morgan fingerprint density at radius 3 is 2.73 bits per heavy atom. The van der Waals surface area contributed by atoms with Crippen molar-refractivity contribution in [1.29, 1.82) is 0 Å². The fraction of sp³-hybridized carbons (Fsp3) is 0.333. The number of halogens is 2. The van der Waals surface area contributed by atoms with Crippen LogP contribution >= 0.6 is 35.0 Å². The SMILES string of the molecule is Cc1cc(I)cnc1NC(=O)C(C)N.Cl. The van der Waals surface area contributed by atoms with Gasteiger partial charge in [-0.05, 0) is 48.1 Å². The molecule has 0 aliphatic carbocycles. The Hall–Kier alpha value is -0.400. The summed E-state index contributed by atoms with van der Waals surface area (Å²) < 4.78 is 1.04. The van der Waals surface area contributed by atoms with Gasteiger partial charge in [-0.2, -0.15) is 0 Å². The van der Waals surface area contributed by atoms with E-state index in [0.29, 0.717) is 5.82 Å². The second-order valence-electron chi connectivity index (χ2n) is 3.10. The molecule has 0 fully saturated rings. The summed E-state index contributed by atoms with van der Waals surface area (Å²) in [4.78, 5) is 15.4. The number of nitrogens with one attached hydrogen (secondary N) is 1. The molecule has 4 nitrogen and oxygen atoms in total. The Morgan fingerprint density at radius 1 is 1.67 bits per heavy atom. The Balaban J connectivity index is 0.00000196. The molecule has 0 aromatic carbocycles. The predicted molar refractivity (Wildman–Crippen MR) is 71.2 cm³/mol. The lowest BCUT2D eigenvalue weighted by Crippen LogP contribution is -2.33. The zero-order valence-corrected chi connectivity index (χ0v) is 11.4. The number of rotatable bonds is 2. The number of pyridine rings is 1. The molecule has 0 radical (unpaired) electrons. The van der Waals surface area contributed by atoms with E-state index >= 15 is 0 Å². The van der Waals surface area contributed by atoms with Gasteiger partial charge in [0.15, 0.2) is 0 Å². The van der Waals surface area contributed by atoms with E-state index < -0.39 is 6.04 Å². The molecule has 1 rings (SSSR count). The molecule has 1 aromatic heterocycles. The number of aryl methyl sites for hydroxylation is 1. The minimum absolute atomic E-state index is 0. The van der Waals surface area contributed by atoms with Crippen molar-refractivity contribution in [1.82, 2.24) is 4.98 Å². The summed E-state index contributed by atoms with van der Waals surface area (Å²) in [6.07, 6.45) is 1.70. The molecule has 1 unspecified atom stereocenters. The molecule has 0 spiro atoms. The lowest BCUT2D eigenvalue weighted by molar-refractivity contribution is -0.117. The number of hydrogen-bond donors (Lipinski definition) is 2. The zero-order valence-electron chi connectivity index (χ0n) is 8.45. The summed E-state index contributed by atoms with van der Waals surface area (Å²) >= 11 is 2.17. The molecular formula is C9H13ClIN3O. The van der Waals surface area contributed by atoms with Gasteiger partial charge in [-0.3, -0.25) is 4.79 Å². The minimum Gasteiger partial charge on any atom is -0.320 e. The van der Waals surface area contributed by atoms with Crippen LogP contribution in [0.3, 0.4) is 0 Å². The lowest BCUT2D eigenvalue weighted by Gasteiger charge is -2.09. The molecule has 84 valence electrons. The average molecular weight is 342 g/mol. The normalized spacial score (nSPS) is 11.5. The molecule has 1 atom stereocenters. The van der Waals surface area contributed by atoms with E-state index in [4.69, 9.17) is 5.73 Å². The van der Waals surface area contributed by atoms with Crippen molar-refractivity contribution < 1.29 is 4.79 Å². The fourth-order valence-corrected chi connectivity index (χ4v) is 1.51. The zero-order chi connectivity index (χ0) is 10.7. The van der Waals surface area contributed by atoms with Crippen LogP contribution in [0.15, 0.2) is 12.3 Å². The Labute approximate surface area is 109 Å². The van der Waals surface area contributed by atoms with Crippen molar-refractivity contribution in [2.75, 3.05) is 5.32 Å². The molecule has 1 amide bonds. The number of anilines is 1. The van der Waals surface area contributed by atoms with E-state index in [9.17, 15) is 4.79 Å². The Morgan fingerprint density at radius 2 is 2.27 bits per heavy atom. The van der Waals surface area contributed by atoms with Crippen LogP contribution in [0.5, 0.6) is 0 Å². The van der Waals surface area contributed by atoms with E-state index in [1.54, 1.807) is 13.1 Å². The van der Waals surface area contributed by atoms with Gasteiger partial charge in [0.05, 0.1) is 6.04 Å². The largest absolute Gasteiger partial charge is 0.320 e. The standard InChI is InChI=1S/C9H12IN3O.ClH/c1-5-3-7(10)4-12-8(5)13-9(14)6(2)11;/h3-4,6H,11H2,1-2H3,(H,12,13,14);1H. The van der Waals surface area contributed by atoms with Gasteiger partial charge in [-0.25, -0.2) is 4.98 Å². The second-order valence-corrected chi connectivity index (χ2v) is 4.34. The first-order valence-electron chi connectivity index (χ1n) is 4.19. The third-order valence-electron chi connectivity index (χ3n) is 1.70. The van der Waals surface area contributed by atoms with Gasteiger partial charge >= 0.3 is 0 Å². The predicted octanol–water partition coefficient (Wildman–Crippen LogP) is 1.70. The number of carbonyl (C=O) groups excluding carboxylic acids is 1. The molecule has 6 heteroatoms. The Bertz CT molecular complexity index is 357. The fourth-order valence-electron chi connectivity index (χ4n) is 0.902. The first-order valence-corrected chi connectivity index (χ1v) is 5.27. The highest BCUT2D eigenvalue weighted by molar-refractivity contribution is 14.1. The summed E-state index contributed by atoms with van der Waals surface area (Å²) in [6, 6.07) is 1.43. The smallest absolute Gasteiger partial charge is 0.242 e. The van der Waals surface area contributed by atoms with Crippen LogP contribution in [0, 0.1) is 10.5 Å². The number of nitrogens with zero attached hydrogens (tertiary/aromatic N) is 1. The summed E-state index contributed by atoms with van der Waals surface area (Å²) in [5.74, 6) is 0.356. The van der Waals surface area contributed by atoms with Gasteiger partial charge in [0.1, 0.15) is 5.82 Å². The quantitative estimate of drug-likeness (QED) is 0.805. The van der Waals surface area contributed by atoms with Crippen LogP contribution in [0.2, 0.25) is 0 Å². The summed E-state index contributed by atoms with van der Waals surface area (Å²) in [6.45, 7) is 3.53. The monoisotopic (exact) mass is 341 g/mol. The van der Waals surface area contributed by atoms with Crippen molar-refractivity contribution in [3.05, 3.63) is 21.4 Å². The Kier molecular flexibility index (Phi) is 6.07. The van der Waals surface area contributed by atoms with Gasteiger partial charge < -0.3 is 11.1 Å². The van der Waals surface area contributed by atoms with Crippen LogP contribution in [0.4, 0.5) is 5.82 Å². The lowest BCUT2D eigenvalue weighted by atomic mass is 10.2. The molecule has 1 heterocycles. The maximum atomic E-state index is 11.3. The molecule has 15 heavy (non-hydrogen) atoms. The van der Waals surface area contributed by atoms with Crippen LogP contribution in [0.25, 0.3) is 0 Å².